The van der Waals surface area contributed by atoms with Crippen LogP contribution in [-0.4, -0.2) is 30.1 Å². The van der Waals surface area contributed by atoms with E-state index in [-0.39, 0.29) is 5.75 Å². The van der Waals surface area contributed by atoms with Gasteiger partial charge in [-0.15, -0.1) is 0 Å². The fourth-order valence-corrected chi connectivity index (χ4v) is 4.34. The summed E-state index contributed by atoms with van der Waals surface area (Å²) in [4.78, 5) is 0. The van der Waals surface area contributed by atoms with Crippen molar-refractivity contribution in [2.75, 3.05) is 5.75 Å². The summed E-state index contributed by atoms with van der Waals surface area (Å²) >= 11 is 0. The van der Waals surface area contributed by atoms with Gasteiger partial charge in [-0.3, -0.25) is 0 Å². The van der Waals surface area contributed by atoms with Gasteiger partial charge in [0.25, 0.3) is 0 Å². The topological polar surface area (TPSA) is 54.4 Å². The number of aliphatic hydroxyl groups is 1. The third kappa shape index (κ3) is 1.61. The number of hydrogen-bond acceptors (Lipinski definition) is 3. The number of sulfone groups is 1. The van der Waals surface area contributed by atoms with Gasteiger partial charge in [-0.1, -0.05) is 31.4 Å². The van der Waals surface area contributed by atoms with Crippen molar-refractivity contribution in [3.8, 4) is 0 Å². The van der Waals surface area contributed by atoms with E-state index in [1.54, 1.807) is 12.2 Å². The molecule has 0 aromatic rings. The lowest BCUT2D eigenvalue weighted by Gasteiger charge is -2.35. The summed E-state index contributed by atoms with van der Waals surface area (Å²) in [6.45, 7) is 0. The molecular formula is C10H16O3S. The van der Waals surface area contributed by atoms with E-state index in [9.17, 15) is 13.5 Å². The quantitative estimate of drug-likeness (QED) is 0.666. The minimum absolute atomic E-state index is 0.0972. The molecule has 0 radical (unpaired) electrons. The first kappa shape index (κ1) is 10.2. The summed E-state index contributed by atoms with van der Waals surface area (Å²) in [7, 11) is -3.11. The van der Waals surface area contributed by atoms with Gasteiger partial charge in [0.05, 0.1) is 11.4 Å². The van der Waals surface area contributed by atoms with Crippen molar-refractivity contribution in [2.45, 2.75) is 43.0 Å². The number of rotatable bonds is 1. The monoisotopic (exact) mass is 216 g/mol. The van der Waals surface area contributed by atoms with Gasteiger partial charge >= 0.3 is 0 Å². The Morgan fingerprint density at radius 1 is 1.21 bits per heavy atom. The van der Waals surface area contributed by atoms with Crippen LogP contribution in [0.25, 0.3) is 0 Å². The molecule has 3 nitrogen and oxygen atoms in total. The van der Waals surface area contributed by atoms with Crippen LogP contribution in [0.5, 0.6) is 0 Å². The highest BCUT2D eigenvalue weighted by molar-refractivity contribution is 7.92. The van der Waals surface area contributed by atoms with E-state index in [0.717, 1.165) is 19.3 Å². The summed E-state index contributed by atoms with van der Waals surface area (Å²) in [6.07, 6.45) is 7.57. The summed E-state index contributed by atoms with van der Waals surface area (Å²) in [5.74, 6) is 0.0972. The maximum atomic E-state index is 11.6. The average Bonchev–Trinajstić information content (AvgIpc) is 2.47. The largest absolute Gasteiger partial charge is 0.388 e. The van der Waals surface area contributed by atoms with Crippen LogP contribution in [0.4, 0.5) is 0 Å². The molecule has 14 heavy (non-hydrogen) atoms. The first-order valence-corrected chi connectivity index (χ1v) is 6.87. The molecule has 1 aliphatic carbocycles. The Bertz CT molecular complexity index is 336. The summed E-state index contributed by atoms with van der Waals surface area (Å²) < 4.78 is 23.3. The Morgan fingerprint density at radius 2 is 1.86 bits per heavy atom. The van der Waals surface area contributed by atoms with Gasteiger partial charge in [0.2, 0.25) is 0 Å². The second-order valence-corrected chi connectivity index (χ2v) is 6.51. The van der Waals surface area contributed by atoms with E-state index in [1.807, 2.05) is 0 Å². The minimum Gasteiger partial charge on any atom is -0.388 e. The molecule has 0 spiro atoms. The van der Waals surface area contributed by atoms with Crippen LogP contribution in [0.3, 0.4) is 0 Å². The van der Waals surface area contributed by atoms with Crippen molar-refractivity contribution in [3.05, 3.63) is 12.2 Å². The molecule has 0 amide bonds. The summed E-state index contributed by atoms with van der Waals surface area (Å²) in [6, 6.07) is 0. The van der Waals surface area contributed by atoms with Gasteiger partial charge in [-0.05, 0) is 12.8 Å². The second kappa shape index (κ2) is 3.35. The van der Waals surface area contributed by atoms with E-state index < -0.39 is 20.7 Å². The molecule has 1 heterocycles. The zero-order valence-electron chi connectivity index (χ0n) is 8.15. The van der Waals surface area contributed by atoms with E-state index in [0.29, 0.717) is 12.8 Å². The maximum Gasteiger partial charge on any atom is 0.163 e. The van der Waals surface area contributed by atoms with Gasteiger partial charge < -0.3 is 5.11 Å². The fourth-order valence-electron chi connectivity index (χ4n) is 2.50. The second-order valence-electron chi connectivity index (χ2n) is 4.34. The van der Waals surface area contributed by atoms with Crippen molar-refractivity contribution in [2.24, 2.45) is 0 Å². The van der Waals surface area contributed by atoms with Gasteiger partial charge in [-0.25, -0.2) is 8.42 Å². The van der Waals surface area contributed by atoms with Gasteiger partial charge in [-0.2, -0.15) is 0 Å². The molecule has 2 aliphatic rings. The van der Waals surface area contributed by atoms with Crippen molar-refractivity contribution in [3.63, 3.8) is 0 Å². The predicted molar refractivity (Wildman–Crippen MR) is 54.7 cm³/mol. The molecule has 4 heteroatoms. The normalized spacial score (nSPS) is 34.5. The molecule has 0 aromatic carbocycles. The summed E-state index contributed by atoms with van der Waals surface area (Å²) in [5.41, 5.74) is -0.982. The van der Waals surface area contributed by atoms with Gasteiger partial charge in [0.15, 0.2) is 9.84 Å². The van der Waals surface area contributed by atoms with Crippen molar-refractivity contribution >= 4 is 9.84 Å². The SMILES string of the molecule is O=S1(=O)CC=CC1C1(O)CCCCC1. The fraction of sp³-hybridized carbons (Fsp3) is 0.800. The molecule has 1 atom stereocenters. The van der Waals surface area contributed by atoms with Crippen LogP contribution in [0.2, 0.25) is 0 Å². The molecule has 80 valence electrons. The Balaban J connectivity index is 2.24. The Labute approximate surface area is 84.7 Å². The van der Waals surface area contributed by atoms with E-state index >= 15 is 0 Å². The maximum absolute atomic E-state index is 11.6. The van der Waals surface area contributed by atoms with Crippen LogP contribution < -0.4 is 0 Å². The van der Waals surface area contributed by atoms with Crippen LogP contribution in [0.1, 0.15) is 32.1 Å². The van der Waals surface area contributed by atoms with Crippen LogP contribution in [-0.2, 0) is 9.84 Å². The molecule has 1 unspecified atom stereocenters. The minimum atomic E-state index is -3.11. The standard InChI is InChI=1S/C10H16O3S/c11-10(6-2-1-3-7-10)9-5-4-8-14(9,12)13/h4-5,9,11H,1-3,6-8H2. The van der Waals surface area contributed by atoms with E-state index in [4.69, 9.17) is 0 Å². The Hall–Kier alpha value is -0.350. The lowest BCUT2D eigenvalue weighted by molar-refractivity contribution is 0.0104. The molecule has 2 rings (SSSR count). The van der Waals surface area contributed by atoms with Crippen molar-refractivity contribution < 1.29 is 13.5 Å². The molecule has 1 aliphatic heterocycles. The third-order valence-electron chi connectivity index (χ3n) is 3.28. The van der Waals surface area contributed by atoms with E-state index in [2.05, 4.69) is 0 Å². The molecule has 1 fully saturated rings. The Kier molecular flexibility index (Phi) is 2.43. The predicted octanol–water partition coefficient (Wildman–Crippen LogP) is 1.03. The summed E-state index contributed by atoms with van der Waals surface area (Å²) in [5, 5.41) is 9.63. The first-order chi connectivity index (χ1) is 6.55. The smallest absolute Gasteiger partial charge is 0.163 e. The number of hydrogen-bond donors (Lipinski definition) is 1. The molecule has 0 aromatic heterocycles. The van der Waals surface area contributed by atoms with Crippen LogP contribution >= 0.6 is 0 Å². The molecule has 1 N–H and O–H groups in total. The Morgan fingerprint density at radius 3 is 2.36 bits per heavy atom. The van der Waals surface area contributed by atoms with Gasteiger partial charge in [0, 0.05) is 0 Å². The molecule has 1 saturated carbocycles. The lowest BCUT2D eigenvalue weighted by atomic mass is 9.82. The van der Waals surface area contributed by atoms with Gasteiger partial charge in [0.1, 0.15) is 5.25 Å². The van der Waals surface area contributed by atoms with Crippen molar-refractivity contribution in [1.82, 2.24) is 0 Å². The van der Waals surface area contributed by atoms with Crippen LogP contribution in [0, 0.1) is 0 Å². The average molecular weight is 216 g/mol. The molecule has 0 saturated heterocycles. The van der Waals surface area contributed by atoms with E-state index in [1.165, 1.54) is 0 Å². The highest BCUT2D eigenvalue weighted by Gasteiger charge is 2.45. The van der Waals surface area contributed by atoms with Crippen molar-refractivity contribution in [1.29, 1.82) is 0 Å². The highest BCUT2D eigenvalue weighted by atomic mass is 32.2. The lowest BCUT2D eigenvalue weighted by Crippen LogP contribution is -2.46. The molecular weight excluding hydrogens is 200 g/mol. The first-order valence-electron chi connectivity index (χ1n) is 5.15. The zero-order valence-corrected chi connectivity index (χ0v) is 8.96. The zero-order chi connectivity index (χ0) is 10.2. The van der Waals surface area contributed by atoms with Crippen LogP contribution in [0.15, 0.2) is 12.2 Å². The third-order valence-corrected chi connectivity index (χ3v) is 5.30. The highest BCUT2D eigenvalue weighted by Crippen LogP contribution is 2.36. The molecule has 0 bridgehead atoms.